The Labute approximate surface area is 97.4 Å². The Morgan fingerprint density at radius 2 is 2.06 bits per heavy atom. The summed E-state index contributed by atoms with van der Waals surface area (Å²) >= 11 is 5.47. The minimum atomic E-state index is -2.44. The normalized spacial score (nSPS) is 17.6. The van der Waals surface area contributed by atoms with E-state index in [1.165, 1.54) is 0 Å². The average molecular weight is 245 g/mol. The van der Waals surface area contributed by atoms with Crippen molar-refractivity contribution in [2.24, 2.45) is 0 Å². The van der Waals surface area contributed by atoms with Crippen molar-refractivity contribution in [3.63, 3.8) is 0 Å². The summed E-state index contributed by atoms with van der Waals surface area (Å²) in [6.07, 6.45) is -1.60. The van der Waals surface area contributed by atoms with Gasteiger partial charge in [-0.15, -0.1) is 0 Å². The molecule has 1 aromatic rings. The molecule has 0 aromatic heterocycles. The Morgan fingerprint density at radius 1 is 1.44 bits per heavy atom. The summed E-state index contributed by atoms with van der Waals surface area (Å²) in [4.78, 5) is 11.3. The van der Waals surface area contributed by atoms with Crippen LogP contribution in [0.3, 0.4) is 0 Å². The molecule has 1 saturated carbocycles. The quantitative estimate of drug-likeness (QED) is 0.742. The topological polar surface area (TPSA) is 17.1 Å². The molecule has 0 amide bonds. The number of benzene rings is 1. The maximum atomic E-state index is 13.0. The summed E-state index contributed by atoms with van der Waals surface area (Å²) in [7, 11) is 0. The second kappa shape index (κ2) is 3.81. The minimum Gasteiger partial charge on any atom is -0.276 e. The largest absolute Gasteiger partial charge is 0.276 e. The van der Waals surface area contributed by atoms with E-state index in [1.54, 1.807) is 25.1 Å². The van der Waals surface area contributed by atoms with Crippen molar-refractivity contribution in [1.29, 1.82) is 0 Å². The van der Waals surface area contributed by atoms with Crippen LogP contribution in [-0.4, -0.2) is 11.7 Å². The van der Waals surface area contributed by atoms with Gasteiger partial charge in [0, 0.05) is 5.56 Å². The van der Waals surface area contributed by atoms with Gasteiger partial charge < -0.3 is 0 Å². The molecule has 0 unspecified atom stereocenters. The summed E-state index contributed by atoms with van der Waals surface area (Å²) in [5, 5.41) is -0.653. The van der Waals surface area contributed by atoms with Crippen LogP contribution in [0.4, 0.5) is 8.78 Å². The molecule has 16 heavy (non-hydrogen) atoms. The molecule has 1 aromatic carbocycles. The van der Waals surface area contributed by atoms with Gasteiger partial charge in [0.05, 0.1) is 5.41 Å². The lowest BCUT2D eigenvalue weighted by Gasteiger charge is -2.18. The number of rotatable bonds is 3. The van der Waals surface area contributed by atoms with Crippen molar-refractivity contribution in [1.82, 2.24) is 0 Å². The van der Waals surface area contributed by atoms with E-state index in [9.17, 15) is 13.6 Å². The fraction of sp³-hybridized carbons (Fsp3) is 0.417. The zero-order valence-electron chi connectivity index (χ0n) is 8.77. The Kier molecular flexibility index (Phi) is 2.74. The van der Waals surface area contributed by atoms with Gasteiger partial charge in [-0.25, -0.2) is 8.78 Å². The SMILES string of the molecule is Cc1cccc(C2(C(F)F)CC2)c1C(=O)Cl. The molecule has 2 rings (SSSR count). The second-order valence-electron chi connectivity index (χ2n) is 4.23. The van der Waals surface area contributed by atoms with Gasteiger partial charge in [-0.2, -0.15) is 0 Å². The van der Waals surface area contributed by atoms with E-state index in [1.807, 2.05) is 0 Å². The smallest absolute Gasteiger partial charge is 0.252 e. The second-order valence-corrected chi connectivity index (χ2v) is 4.57. The fourth-order valence-corrected chi connectivity index (χ4v) is 2.33. The van der Waals surface area contributed by atoms with E-state index >= 15 is 0 Å². The summed E-state index contributed by atoms with van der Waals surface area (Å²) in [5.74, 6) is 0. The summed E-state index contributed by atoms with van der Waals surface area (Å²) < 4.78 is 26.0. The molecule has 1 fully saturated rings. The molecule has 0 radical (unpaired) electrons. The lowest BCUT2D eigenvalue weighted by atomic mass is 9.89. The van der Waals surface area contributed by atoms with E-state index < -0.39 is 17.1 Å². The molecule has 0 spiro atoms. The zero-order chi connectivity index (χ0) is 11.9. The Hall–Kier alpha value is -0.960. The number of hydrogen-bond acceptors (Lipinski definition) is 1. The van der Waals surface area contributed by atoms with Gasteiger partial charge >= 0.3 is 0 Å². The third-order valence-corrected chi connectivity index (χ3v) is 3.40. The maximum Gasteiger partial charge on any atom is 0.252 e. The molecule has 0 heterocycles. The van der Waals surface area contributed by atoms with Gasteiger partial charge in [0.1, 0.15) is 0 Å². The number of aryl methyl sites for hydroxylation is 1. The van der Waals surface area contributed by atoms with Crippen molar-refractivity contribution < 1.29 is 13.6 Å². The van der Waals surface area contributed by atoms with Crippen LogP contribution in [0.1, 0.15) is 34.3 Å². The van der Waals surface area contributed by atoms with Crippen LogP contribution in [0.5, 0.6) is 0 Å². The van der Waals surface area contributed by atoms with Crippen molar-refractivity contribution >= 4 is 16.8 Å². The molecule has 86 valence electrons. The van der Waals surface area contributed by atoms with Crippen molar-refractivity contribution in [2.75, 3.05) is 0 Å². The van der Waals surface area contributed by atoms with Crippen molar-refractivity contribution in [3.05, 3.63) is 34.9 Å². The van der Waals surface area contributed by atoms with E-state index in [0.717, 1.165) is 0 Å². The summed E-state index contributed by atoms with van der Waals surface area (Å²) in [6, 6.07) is 4.99. The van der Waals surface area contributed by atoms with Gasteiger partial charge in [-0.1, -0.05) is 18.2 Å². The molecule has 0 atom stereocenters. The van der Waals surface area contributed by atoms with E-state index in [-0.39, 0.29) is 5.56 Å². The maximum absolute atomic E-state index is 13.0. The Balaban J connectivity index is 2.57. The molecule has 1 aliphatic rings. The molecular weight excluding hydrogens is 234 g/mol. The number of hydrogen-bond donors (Lipinski definition) is 0. The van der Waals surface area contributed by atoms with Crippen LogP contribution in [0.2, 0.25) is 0 Å². The Bertz CT molecular complexity index is 439. The highest BCUT2D eigenvalue weighted by Crippen LogP contribution is 2.54. The number of alkyl halides is 2. The highest BCUT2D eigenvalue weighted by atomic mass is 35.5. The first-order valence-corrected chi connectivity index (χ1v) is 5.45. The zero-order valence-corrected chi connectivity index (χ0v) is 9.52. The van der Waals surface area contributed by atoms with Gasteiger partial charge in [0.25, 0.3) is 5.24 Å². The number of carbonyl (C=O) groups excluding carboxylic acids is 1. The first kappa shape index (κ1) is 11.5. The van der Waals surface area contributed by atoms with Crippen LogP contribution in [-0.2, 0) is 5.41 Å². The number of halogens is 3. The lowest BCUT2D eigenvalue weighted by Crippen LogP contribution is -2.20. The monoisotopic (exact) mass is 244 g/mol. The average Bonchev–Trinajstić information content (AvgIpc) is 2.97. The van der Waals surface area contributed by atoms with E-state index in [0.29, 0.717) is 24.0 Å². The Morgan fingerprint density at radius 3 is 2.50 bits per heavy atom. The molecule has 0 saturated heterocycles. The predicted octanol–water partition coefficient (Wildman–Crippen LogP) is 3.67. The van der Waals surface area contributed by atoms with E-state index in [2.05, 4.69) is 0 Å². The molecule has 0 N–H and O–H groups in total. The predicted molar refractivity (Wildman–Crippen MR) is 58.3 cm³/mol. The van der Waals surface area contributed by atoms with Crippen LogP contribution >= 0.6 is 11.6 Å². The van der Waals surface area contributed by atoms with Crippen LogP contribution in [0.25, 0.3) is 0 Å². The first-order valence-electron chi connectivity index (χ1n) is 5.07. The van der Waals surface area contributed by atoms with Crippen molar-refractivity contribution in [3.8, 4) is 0 Å². The lowest BCUT2D eigenvalue weighted by molar-refractivity contribution is 0.0995. The van der Waals surface area contributed by atoms with Gasteiger partial charge in [-0.05, 0) is 42.5 Å². The highest BCUT2D eigenvalue weighted by molar-refractivity contribution is 6.68. The third-order valence-electron chi connectivity index (χ3n) is 3.21. The van der Waals surface area contributed by atoms with Crippen LogP contribution in [0.15, 0.2) is 18.2 Å². The fourth-order valence-electron chi connectivity index (χ4n) is 2.08. The summed E-state index contributed by atoms with van der Waals surface area (Å²) in [5.41, 5.74) is 0.181. The molecule has 1 aliphatic carbocycles. The van der Waals surface area contributed by atoms with Gasteiger partial charge in [-0.3, -0.25) is 4.79 Å². The van der Waals surface area contributed by atoms with Crippen LogP contribution in [0, 0.1) is 6.92 Å². The molecule has 1 nitrogen and oxygen atoms in total. The minimum absolute atomic E-state index is 0.252. The standard InChI is InChI=1S/C12H11ClF2O/c1-7-3-2-4-8(9(7)10(13)16)12(5-6-12)11(14)15/h2-4,11H,5-6H2,1H3. The van der Waals surface area contributed by atoms with Gasteiger partial charge in [0.15, 0.2) is 0 Å². The third kappa shape index (κ3) is 1.63. The number of carbonyl (C=O) groups is 1. The molecule has 0 bridgehead atoms. The van der Waals surface area contributed by atoms with E-state index in [4.69, 9.17) is 11.6 Å². The van der Waals surface area contributed by atoms with Crippen molar-refractivity contribution in [2.45, 2.75) is 31.6 Å². The molecule has 0 aliphatic heterocycles. The van der Waals surface area contributed by atoms with Gasteiger partial charge in [0.2, 0.25) is 6.43 Å². The molecular formula is C12H11ClF2O. The first-order chi connectivity index (χ1) is 7.49. The molecule has 4 heteroatoms. The van der Waals surface area contributed by atoms with Crippen LogP contribution < -0.4 is 0 Å². The highest BCUT2D eigenvalue weighted by Gasteiger charge is 2.53. The summed E-state index contributed by atoms with van der Waals surface area (Å²) in [6.45, 7) is 1.71.